The van der Waals surface area contributed by atoms with Gasteiger partial charge in [-0.2, -0.15) is 0 Å². The molecule has 1 rings (SSSR count). The van der Waals surface area contributed by atoms with E-state index in [4.69, 9.17) is 9.05 Å². The van der Waals surface area contributed by atoms with E-state index in [1.807, 2.05) is 0 Å². The first kappa shape index (κ1) is 14.3. The van der Waals surface area contributed by atoms with E-state index in [9.17, 15) is 14.1 Å². The highest BCUT2D eigenvalue weighted by molar-refractivity contribution is 7.54. The molecule has 0 spiro atoms. The summed E-state index contributed by atoms with van der Waals surface area (Å²) >= 11 is 0. The van der Waals surface area contributed by atoms with Crippen LogP contribution in [-0.2, 0) is 13.6 Å². The Labute approximate surface area is 99.9 Å². The van der Waals surface area contributed by atoms with Crippen LogP contribution < -0.4 is 0 Å². The Morgan fingerprint density at radius 1 is 1.35 bits per heavy atom. The van der Waals surface area contributed by atoms with Gasteiger partial charge in [-0.1, -0.05) is 12.1 Å². The lowest BCUT2D eigenvalue weighted by molar-refractivity contribution is 0.150. The number of aliphatic hydroxyl groups excluding tert-OH is 1. The van der Waals surface area contributed by atoms with E-state index >= 15 is 0 Å². The number of hydrogen-bond acceptors (Lipinski definition) is 4. The predicted molar refractivity (Wildman–Crippen MR) is 62.2 cm³/mol. The molecule has 1 N–H and O–H groups in total. The molecule has 0 aromatic heterocycles. The zero-order valence-corrected chi connectivity index (χ0v) is 10.7. The first-order valence-corrected chi connectivity index (χ1v) is 6.97. The molecule has 0 heterocycles. The Balaban J connectivity index is 2.99. The SMILES string of the molecule is CCOP(=O)(OCC)[C@H](O)c1cccc(F)c1. The molecule has 1 aromatic rings. The van der Waals surface area contributed by atoms with Crippen LogP contribution in [-0.4, -0.2) is 18.3 Å². The van der Waals surface area contributed by atoms with Gasteiger partial charge < -0.3 is 14.2 Å². The number of halogens is 1. The molecular weight excluding hydrogens is 246 g/mol. The molecule has 0 radical (unpaired) electrons. The molecule has 0 unspecified atom stereocenters. The Morgan fingerprint density at radius 3 is 2.41 bits per heavy atom. The van der Waals surface area contributed by atoms with E-state index in [0.29, 0.717) is 0 Å². The maximum absolute atomic E-state index is 13.0. The van der Waals surface area contributed by atoms with Crippen LogP contribution in [0, 0.1) is 5.82 Å². The van der Waals surface area contributed by atoms with Crippen LogP contribution in [0.25, 0.3) is 0 Å². The van der Waals surface area contributed by atoms with Crippen molar-refractivity contribution in [3.8, 4) is 0 Å². The third kappa shape index (κ3) is 3.61. The van der Waals surface area contributed by atoms with Crippen LogP contribution in [0.2, 0.25) is 0 Å². The Bertz CT molecular complexity index is 400. The van der Waals surface area contributed by atoms with Crippen LogP contribution in [0.4, 0.5) is 4.39 Å². The van der Waals surface area contributed by atoms with Gasteiger partial charge in [-0.15, -0.1) is 0 Å². The maximum Gasteiger partial charge on any atom is 0.363 e. The summed E-state index contributed by atoms with van der Waals surface area (Å²) in [6.07, 6.45) is 0. The monoisotopic (exact) mass is 262 g/mol. The minimum absolute atomic E-state index is 0.143. The highest BCUT2D eigenvalue weighted by Gasteiger charge is 2.35. The van der Waals surface area contributed by atoms with Crippen molar-refractivity contribution in [2.45, 2.75) is 19.7 Å². The summed E-state index contributed by atoms with van der Waals surface area (Å²) < 4.78 is 35.2. The van der Waals surface area contributed by atoms with E-state index in [1.165, 1.54) is 18.2 Å². The highest BCUT2D eigenvalue weighted by atomic mass is 31.2. The average molecular weight is 262 g/mol. The summed E-state index contributed by atoms with van der Waals surface area (Å²) in [5.41, 5.74) is 0.176. The Hall–Kier alpha value is -0.740. The maximum atomic E-state index is 13.0. The van der Waals surface area contributed by atoms with Crippen molar-refractivity contribution in [1.82, 2.24) is 0 Å². The zero-order valence-electron chi connectivity index (χ0n) is 9.80. The third-order valence-corrected chi connectivity index (χ3v) is 4.20. The van der Waals surface area contributed by atoms with E-state index in [1.54, 1.807) is 13.8 Å². The third-order valence-electron chi connectivity index (χ3n) is 2.06. The predicted octanol–water partition coefficient (Wildman–Crippen LogP) is 3.08. The molecule has 0 aliphatic carbocycles. The molecular formula is C11H16FO4P. The molecule has 0 fully saturated rings. The number of aliphatic hydroxyl groups is 1. The van der Waals surface area contributed by atoms with Crippen molar-refractivity contribution >= 4 is 7.60 Å². The van der Waals surface area contributed by atoms with Crippen molar-refractivity contribution in [2.75, 3.05) is 13.2 Å². The average Bonchev–Trinajstić information content (AvgIpc) is 2.28. The minimum atomic E-state index is -3.66. The Morgan fingerprint density at radius 2 is 1.94 bits per heavy atom. The summed E-state index contributed by atoms with van der Waals surface area (Å²) in [4.78, 5) is 0. The van der Waals surface area contributed by atoms with Crippen molar-refractivity contribution in [3.63, 3.8) is 0 Å². The largest absolute Gasteiger partial charge is 0.376 e. The van der Waals surface area contributed by atoms with Gasteiger partial charge in [0.1, 0.15) is 5.82 Å². The molecule has 0 saturated carbocycles. The quantitative estimate of drug-likeness (QED) is 0.800. The fraction of sp³-hybridized carbons (Fsp3) is 0.455. The molecule has 6 heteroatoms. The van der Waals surface area contributed by atoms with Crippen LogP contribution >= 0.6 is 7.60 Å². The van der Waals surface area contributed by atoms with Gasteiger partial charge in [0, 0.05) is 0 Å². The van der Waals surface area contributed by atoms with Crippen molar-refractivity contribution in [1.29, 1.82) is 0 Å². The summed E-state index contributed by atoms with van der Waals surface area (Å²) in [6, 6.07) is 5.24. The lowest BCUT2D eigenvalue weighted by Gasteiger charge is -2.22. The molecule has 0 bridgehead atoms. The molecule has 0 amide bonds. The molecule has 17 heavy (non-hydrogen) atoms. The van der Waals surface area contributed by atoms with Crippen LogP contribution in [0.3, 0.4) is 0 Å². The topological polar surface area (TPSA) is 55.8 Å². The van der Waals surface area contributed by atoms with E-state index in [0.717, 1.165) is 6.07 Å². The summed E-state index contributed by atoms with van der Waals surface area (Å²) in [5, 5.41) is 9.95. The lowest BCUT2D eigenvalue weighted by atomic mass is 10.2. The second-order valence-corrected chi connectivity index (χ2v) is 5.39. The van der Waals surface area contributed by atoms with Gasteiger partial charge in [-0.3, -0.25) is 4.57 Å². The van der Waals surface area contributed by atoms with Gasteiger partial charge in [0.25, 0.3) is 0 Å². The first-order chi connectivity index (χ1) is 8.03. The molecule has 0 aliphatic heterocycles. The lowest BCUT2D eigenvalue weighted by Crippen LogP contribution is -2.06. The number of hydrogen-bond donors (Lipinski definition) is 1. The van der Waals surface area contributed by atoms with Gasteiger partial charge in [-0.05, 0) is 31.5 Å². The standard InChI is InChI=1S/C11H16FO4P/c1-3-15-17(14,16-4-2)11(13)9-6-5-7-10(12)8-9/h5-8,11,13H,3-4H2,1-2H3/t11-/m0/s1. The van der Waals surface area contributed by atoms with Gasteiger partial charge in [0.15, 0.2) is 5.85 Å². The molecule has 1 atom stereocenters. The second-order valence-electron chi connectivity index (χ2n) is 3.30. The highest BCUT2D eigenvalue weighted by Crippen LogP contribution is 2.59. The van der Waals surface area contributed by atoms with Crippen LogP contribution in [0.1, 0.15) is 25.3 Å². The van der Waals surface area contributed by atoms with Gasteiger partial charge in [0.2, 0.25) is 0 Å². The number of benzene rings is 1. The zero-order chi connectivity index (χ0) is 12.9. The molecule has 0 saturated heterocycles. The van der Waals surface area contributed by atoms with Crippen LogP contribution in [0.5, 0.6) is 0 Å². The van der Waals surface area contributed by atoms with E-state index in [-0.39, 0.29) is 18.8 Å². The molecule has 96 valence electrons. The minimum Gasteiger partial charge on any atom is -0.376 e. The summed E-state index contributed by atoms with van der Waals surface area (Å²) in [6.45, 7) is 3.57. The normalized spacial score (nSPS) is 13.6. The Kier molecular flexibility index (Phi) is 5.28. The van der Waals surface area contributed by atoms with Gasteiger partial charge in [-0.25, -0.2) is 4.39 Å². The summed E-state index contributed by atoms with van der Waals surface area (Å²) in [7, 11) is -3.66. The second kappa shape index (κ2) is 6.26. The summed E-state index contributed by atoms with van der Waals surface area (Å²) in [5.74, 6) is -1.99. The number of rotatable bonds is 6. The van der Waals surface area contributed by atoms with Crippen molar-refractivity contribution < 1.29 is 23.1 Å². The van der Waals surface area contributed by atoms with Crippen LogP contribution in [0.15, 0.2) is 24.3 Å². The molecule has 1 aromatic carbocycles. The van der Waals surface area contributed by atoms with Gasteiger partial charge >= 0.3 is 7.60 Å². The van der Waals surface area contributed by atoms with Crippen molar-refractivity contribution in [3.05, 3.63) is 35.6 Å². The smallest absolute Gasteiger partial charge is 0.363 e. The van der Waals surface area contributed by atoms with Gasteiger partial charge in [0.05, 0.1) is 13.2 Å². The fourth-order valence-electron chi connectivity index (χ4n) is 1.39. The van der Waals surface area contributed by atoms with Crippen molar-refractivity contribution in [2.24, 2.45) is 0 Å². The fourth-order valence-corrected chi connectivity index (χ4v) is 2.99. The molecule has 4 nitrogen and oxygen atoms in total. The van der Waals surface area contributed by atoms with E-state index < -0.39 is 19.3 Å². The molecule has 0 aliphatic rings. The van der Waals surface area contributed by atoms with E-state index in [2.05, 4.69) is 0 Å². The first-order valence-electron chi connectivity index (χ1n) is 5.35.